The molecule has 2 heterocycles. The molecule has 7 heteroatoms. The first-order valence-corrected chi connectivity index (χ1v) is 8.05. The molecule has 23 heavy (non-hydrogen) atoms. The number of halogens is 2. The molecule has 0 aliphatic carbocycles. The highest BCUT2D eigenvalue weighted by Crippen LogP contribution is 2.17. The molecule has 0 spiro atoms. The molecule has 0 saturated heterocycles. The molecular weight excluding hydrogens is 320 g/mol. The topological polar surface area (TPSA) is 47.8 Å². The minimum atomic E-state index is -0.666. The molecule has 1 aromatic carbocycles. The first kappa shape index (κ1) is 15.6. The van der Waals surface area contributed by atoms with Crippen molar-refractivity contribution < 1.29 is 8.78 Å². The van der Waals surface area contributed by atoms with E-state index in [1.165, 1.54) is 28.5 Å². The summed E-state index contributed by atoms with van der Waals surface area (Å²) in [5.41, 5.74) is 0.945. The van der Waals surface area contributed by atoms with Crippen LogP contribution < -0.4 is 5.56 Å². The molecule has 0 aliphatic rings. The van der Waals surface area contributed by atoms with Gasteiger partial charge in [0.1, 0.15) is 17.3 Å². The van der Waals surface area contributed by atoms with Crippen LogP contribution in [0, 0.1) is 11.6 Å². The van der Waals surface area contributed by atoms with Crippen LogP contribution in [0.15, 0.2) is 40.4 Å². The third-order valence-corrected chi connectivity index (χ3v) is 4.14. The highest BCUT2D eigenvalue weighted by atomic mass is 32.2. The van der Waals surface area contributed by atoms with Gasteiger partial charge in [0.25, 0.3) is 5.56 Å². The summed E-state index contributed by atoms with van der Waals surface area (Å²) in [4.78, 5) is 21.0. The van der Waals surface area contributed by atoms with E-state index in [9.17, 15) is 13.6 Å². The lowest BCUT2D eigenvalue weighted by Crippen LogP contribution is -2.22. The minimum absolute atomic E-state index is 0.0823. The van der Waals surface area contributed by atoms with Crippen LogP contribution in [-0.4, -0.2) is 20.8 Å². The molecule has 0 saturated carbocycles. The van der Waals surface area contributed by atoms with E-state index in [0.29, 0.717) is 21.8 Å². The van der Waals surface area contributed by atoms with Crippen molar-refractivity contribution in [2.24, 2.45) is 7.05 Å². The number of aromatic nitrogens is 3. The molecule has 4 nitrogen and oxygen atoms in total. The van der Waals surface area contributed by atoms with Crippen molar-refractivity contribution in [1.29, 1.82) is 0 Å². The fourth-order valence-corrected chi connectivity index (χ4v) is 2.73. The van der Waals surface area contributed by atoms with Gasteiger partial charge >= 0.3 is 0 Å². The van der Waals surface area contributed by atoms with Crippen molar-refractivity contribution in [2.45, 2.75) is 11.6 Å². The first-order valence-electron chi connectivity index (χ1n) is 6.83. The van der Waals surface area contributed by atoms with Gasteiger partial charge in [0.2, 0.25) is 0 Å². The number of rotatable bonds is 3. The number of aryl methyl sites for hydroxylation is 1. The van der Waals surface area contributed by atoms with E-state index in [1.807, 2.05) is 6.26 Å². The van der Waals surface area contributed by atoms with E-state index < -0.39 is 11.6 Å². The Bertz CT molecular complexity index is 956. The molecule has 2 aromatic heterocycles. The molecular formula is C16H13F2N3OS. The van der Waals surface area contributed by atoms with Gasteiger partial charge in [0.15, 0.2) is 5.16 Å². The third kappa shape index (κ3) is 2.96. The fraction of sp³-hybridized carbons (Fsp3) is 0.188. The lowest BCUT2D eigenvalue weighted by Gasteiger charge is -2.09. The third-order valence-electron chi connectivity index (χ3n) is 3.58. The summed E-state index contributed by atoms with van der Waals surface area (Å²) in [6.45, 7) is 0. The molecule has 0 atom stereocenters. The van der Waals surface area contributed by atoms with Crippen LogP contribution in [0.25, 0.3) is 11.0 Å². The summed E-state index contributed by atoms with van der Waals surface area (Å²) in [7, 11) is 1.62. The van der Waals surface area contributed by atoms with E-state index in [2.05, 4.69) is 9.97 Å². The van der Waals surface area contributed by atoms with Crippen molar-refractivity contribution in [3.63, 3.8) is 0 Å². The summed E-state index contributed by atoms with van der Waals surface area (Å²) >= 11 is 1.39. The predicted octanol–water partition coefficient (Wildman–Crippen LogP) is 2.92. The molecule has 0 fully saturated rings. The molecule has 3 aromatic rings. The Labute approximate surface area is 135 Å². The van der Waals surface area contributed by atoms with Crippen molar-refractivity contribution in [1.82, 2.24) is 14.5 Å². The molecule has 0 amide bonds. The Morgan fingerprint density at radius 1 is 1.22 bits per heavy atom. The van der Waals surface area contributed by atoms with Crippen LogP contribution in [0.1, 0.15) is 11.1 Å². The Morgan fingerprint density at radius 2 is 2.00 bits per heavy atom. The van der Waals surface area contributed by atoms with Crippen LogP contribution >= 0.6 is 11.8 Å². The Morgan fingerprint density at radius 3 is 2.70 bits per heavy atom. The monoisotopic (exact) mass is 333 g/mol. The number of pyridine rings is 1. The van der Waals surface area contributed by atoms with Gasteiger partial charge in [0, 0.05) is 36.7 Å². The highest BCUT2D eigenvalue weighted by molar-refractivity contribution is 7.98. The van der Waals surface area contributed by atoms with Gasteiger partial charge in [-0.25, -0.2) is 18.7 Å². The molecule has 0 bridgehead atoms. The molecule has 0 N–H and O–H groups in total. The second kappa shape index (κ2) is 6.08. The zero-order chi connectivity index (χ0) is 16.6. The number of fused-ring (bicyclic) bond motifs is 1. The standard InChI is InChI=1S/C16H13F2N3OS/c1-21-14-11(8-19-16(20-14)23-2)6-10(15(21)22)5-9-3-4-12(17)7-13(9)18/h3-4,6-8H,5H2,1-2H3. The van der Waals surface area contributed by atoms with Crippen molar-refractivity contribution in [3.8, 4) is 0 Å². The number of hydrogen-bond acceptors (Lipinski definition) is 4. The normalized spacial score (nSPS) is 11.1. The van der Waals surface area contributed by atoms with Crippen LogP contribution in [0.2, 0.25) is 0 Å². The lowest BCUT2D eigenvalue weighted by atomic mass is 10.0. The van der Waals surface area contributed by atoms with E-state index in [-0.39, 0.29) is 17.5 Å². The molecule has 0 unspecified atom stereocenters. The molecule has 0 radical (unpaired) electrons. The predicted molar refractivity (Wildman–Crippen MR) is 85.7 cm³/mol. The number of thioether (sulfide) groups is 1. The smallest absolute Gasteiger partial charge is 0.255 e. The minimum Gasteiger partial charge on any atom is -0.295 e. The summed E-state index contributed by atoms with van der Waals surface area (Å²) in [5, 5.41) is 1.27. The second-order valence-corrected chi connectivity index (χ2v) is 5.86. The zero-order valence-corrected chi connectivity index (χ0v) is 13.3. The average molecular weight is 333 g/mol. The van der Waals surface area contributed by atoms with Gasteiger partial charge in [0.05, 0.1) is 0 Å². The summed E-state index contributed by atoms with van der Waals surface area (Å²) in [6.07, 6.45) is 3.57. The van der Waals surface area contributed by atoms with E-state index in [0.717, 1.165) is 6.07 Å². The summed E-state index contributed by atoms with van der Waals surface area (Å²) < 4.78 is 28.2. The van der Waals surface area contributed by atoms with E-state index >= 15 is 0 Å². The van der Waals surface area contributed by atoms with Crippen LogP contribution in [0.3, 0.4) is 0 Å². The van der Waals surface area contributed by atoms with Crippen molar-refractivity contribution in [2.75, 3.05) is 6.26 Å². The number of hydrogen-bond donors (Lipinski definition) is 0. The largest absolute Gasteiger partial charge is 0.295 e. The zero-order valence-electron chi connectivity index (χ0n) is 12.5. The number of nitrogens with zero attached hydrogens (tertiary/aromatic N) is 3. The van der Waals surface area contributed by atoms with Crippen LogP contribution in [0.5, 0.6) is 0 Å². The van der Waals surface area contributed by atoms with Gasteiger partial charge in [-0.05, 0) is 24.0 Å². The van der Waals surface area contributed by atoms with E-state index in [4.69, 9.17) is 0 Å². The number of benzene rings is 1. The Hall–Kier alpha value is -2.28. The fourth-order valence-electron chi connectivity index (χ4n) is 2.39. The first-order chi connectivity index (χ1) is 11.0. The van der Waals surface area contributed by atoms with Gasteiger partial charge < -0.3 is 0 Å². The summed E-state index contributed by atoms with van der Waals surface area (Å²) in [6, 6.07) is 5.00. The maximum Gasteiger partial charge on any atom is 0.255 e. The highest BCUT2D eigenvalue weighted by Gasteiger charge is 2.12. The second-order valence-electron chi connectivity index (χ2n) is 5.08. The van der Waals surface area contributed by atoms with Crippen molar-refractivity contribution in [3.05, 3.63) is 63.6 Å². The van der Waals surface area contributed by atoms with Gasteiger partial charge in [-0.3, -0.25) is 9.36 Å². The van der Waals surface area contributed by atoms with Crippen LogP contribution in [-0.2, 0) is 13.5 Å². The Kier molecular flexibility index (Phi) is 4.12. The SMILES string of the molecule is CSc1ncc2cc(Cc3ccc(F)cc3F)c(=O)n(C)c2n1. The maximum atomic E-state index is 13.8. The quantitative estimate of drug-likeness (QED) is 0.546. The molecule has 3 rings (SSSR count). The maximum absolute atomic E-state index is 13.8. The Balaban J connectivity index is 2.11. The van der Waals surface area contributed by atoms with Gasteiger partial charge in [-0.2, -0.15) is 0 Å². The lowest BCUT2D eigenvalue weighted by molar-refractivity contribution is 0.574. The molecule has 118 valence electrons. The average Bonchev–Trinajstić information content (AvgIpc) is 2.54. The van der Waals surface area contributed by atoms with Gasteiger partial charge in [-0.15, -0.1) is 0 Å². The van der Waals surface area contributed by atoms with Crippen molar-refractivity contribution >= 4 is 22.8 Å². The van der Waals surface area contributed by atoms with Crippen LogP contribution in [0.4, 0.5) is 8.78 Å². The van der Waals surface area contributed by atoms with E-state index in [1.54, 1.807) is 19.3 Å². The summed E-state index contributed by atoms with van der Waals surface area (Å²) in [5.74, 6) is -1.31. The van der Waals surface area contributed by atoms with Gasteiger partial charge in [-0.1, -0.05) is 17.8 Å². The molecule has 0 aliphatic heterocycles.